The molecule has 0 spiro atoms. The normalized spacial score (nSPS) is 10.1. The molecule has 0 aliphatic heterocycles. The van der Waals surface area contributed by atoms with Crippen molar-refractivity contribution in [2.45, 2.75) is 0 Å². The van der Waals surface area contributed by atoms with Crippen LogP contribution >= 0.6 is 11.6 Å². The maximum atomic E-state index is 12.0. The van der Waals surface area contributed by atoms with E-state index < -0.39 is 0 Å². The predicted molar refractivity (Wildman–Crippen MR) is 61.8 cm³/mol. The van der Waals surface area contributed by atoms with Crippen LogP contribution in [0, 0.1) is 6.07 Å². The van der Waals surface area contributed by atoms with Gasteiger partial charge in [0.1, 0.15) is 5.75 Å². The van der Waals surface area contributed by atoms with Gasteiger partial charge in [0, 0.05) is 10.6 Å². The van der Waals surface area contributed by atoms with E-state index in [0.717, 1.165) is 0 Å². The van der Waals surface area contributed by atoms with Gasteiger partial charge < -0.3 is 5.11 Å². The highest BCUT2D eigenvalue weighted by Crippen LogP contribution is 2.20. The smallest absolute Gasteiger partial charge is 0.196 e. The molecule has 0 aromatic heterocycles. The molecule has 1 radical (unpaired) electrons. The highest BCUT2D eigenvalue weighted by atomic mass is 35.5. The summed E-state index contributed by atoms with van der Waals surface area (Å²) in [6.45, 7) is 0. The molecule has 0 atom stereocenters. The molecule has 0 saturated carbocycles. The van der Waals surface area contributed by atoms with Crippen molar-refractivity contribution in [3.8, 4) is 5.75 Å². The van der Waals surface area contributed by atoms with Crippen LogP contribution < -0.4 is 0 Å². The maximum Gasteiger partial charge on any atom is 0.196 e. The van der Waals surface area contributed by atoms with E-state index in [1.54, 1.807) is 30.3 Å². The molecule has 0 aliphatic rings. The first kappa shape index (κ1) is 10.7. The monoisotopic (exact) mass is 231 g/mol. The molecule has 2 aromatic carbocycles. The minimum Gasteiger partial charge on any atom is -0.507 e. The van der Waals surface area contributed by atoms with Crippen molar-refractivity contribution in [3.63, 3.8) is 0 Å². The van der Waals surface area contributed by atoms with Crippen molar-refractivity contribution in [1.29, 1.82) is 0 Å². The van der Waals surface area contributed by atoms with Crippen LogP contribution in [0.2, 0.25) is 5.02 Å². The number of carbonyl (C=O) groups is 1. The molecule has 79 valence electrons. The minimum atomic E-state index is -0.233. The molecule has 0 heterocycles. The number of rotatable bonds is 2. The minimum absolute atomic E-state index is 0.0672. The van der Waals surface area contributed by atoms with Gasteiger partial charge in [0.05, 0.1) is 5.56 Å². The quantitative estimate of drug-likeness (QED) is 0.807. The largest absolute Gasteiger partial charge is 0.507 e. The molecule has 0 bridgehead atoms. The van der Waals surface area contributed by atoms with E-state index in [1.165, 1.54) is 12.1 Å². The number of benzene rings is 2. The van der Waals surface area contributed by atoms with E-state index in [1.807, 2.05) is 0 Å². The average molecular weight is 232 g/mol. The zero-order valence-electron chi connectivity index (χ0n) is 8.27. The van der Waals surface area contributed by atoms with Crippen molar-refractivity contribution in [1.82, 2.24) is 0 Å². The molecule has 2 rings (SSSR count). The van der Waals surface area contributed by atoms with Crippen LogP contribution in [-0.4, -0.2) is 10.9 Å². The summed E-state index contributed by atoms with van der Waals surface area (Å²) in [4.78, 5) is 12.0. The first-order chi connectivity index (χ1) is 7.68. The van der Waals surface area contributed by atoms with Gasteiger partial charge in [-0.2, -0.15) is 0 Å². The Hall–Kier alpha value is -1.80. The SMILES string of the molecule is O=C(c1ccc(Cl)cc1)c1cc[c]cc1O. The van der Waals surface area contributed by atoms with E-state index in [0.29, 0.717) is 10.6 Å². The van der Waals surface area contributed by atoms with Gasteiger partial charge in [-0.05, 0) is 42.5 Å². The van der Waals surface area contributed by atoms with Gasteiger partial charge in [-0.3, -0.25) is 4.79 Å². The summed E-state index contributed by atoms with van der Waals surface area (Å²) in [6.07, 6.45) is 0. The average Bonchev–Trinajstić information content (AvgIpc) is 2.30. The number of carbonyl (C=O) groups excluding carboxylic acids is 1. The Morgan fingerprint density at radius 2 is 1.88 bits per heavy atom. The van der Waals surface area contributed by atoms with Crippen LogP contribution in [0.3, 0.4) is 0 Å². The fourth-order valence-electron chi connectivity index (χ4n) is 1.37. The van der Waals surface area contributed by atoms with Gasteiger partial charge in [-0.15, -0.1) is 0 Å². The topological polar surface area (TPSA) is 37.3 Å². The number of ketones is 1. The van der Waals surface area contributed by atoms with Crippen LogP contribution in [-0.2, 0) is 0 Å². The number of phenols is 1. The number of aromatic hydroxyl groups is 1. The summed E-state index contributed by atoms with van der Waals surface area (Å²) in [5.74, 6) is -0.300. The first-order valence-electron chi connectivity index (χ1n) is 4.68. The highest BCUT2D eigenvalue weighted by molar-refractivity contribution is 6.30. The molecule has 2 aromatic rings. The van der Waals surface area contributed by atoms with Crippen LogP contribution in [0.1, 0.15) is 15.9 Å². The molecule has 0 saturated heterocycles. The van der Waals surface area contributed by atoms with Gasteiger partial charge in [0.15, 0.2) is 5.78 Å². The number of hydrogen-bond acceptors (Lipinski definition) is 2. The second-order valence-corrected chi connectivity index (χ2v) is 3.72. The third-order valence-corrected chi connectivity index (χ3v) is 2.45. The second kappa shape index (κ2) is 4.37. The lowest BCUT2D eigenvalue weighted by atomic mass is 10.0. The summed E-state index contributed by atoms with van der Waals surface area (Å²) in [5, 5.41) is 10.1. The molecule has 3 heteroatoms. The fourth-order valence-corrected chi connectivity index (χ4v) is 1.50. The van der Waals surface area contributed by atoms with Crippen LogP contribution in [0.5, 0.6) is 5.75 Å². The molecular weight excluding hydrogens is 224 g/mol. The van der Waals surface area contributed by atoms with E-state index in [4.69, 9.17) is 11.6 Å². The second-order valence-electron chi connectivity index (χ2n) is 3.28. The zero-order chi connectivity index (χ0) is 11.5. The highest BCUT2D eigenvalue weighted by Gasteiger charge is 2.12. The Kier molecular flexibility index (Phi) is 2.93. The van der Waals surface area contributed by atoms with Crippen LogP contribution in [0.4, 0.5) is 0 Å². The van der Waals surface area contributed by atoms with Crippen LogP contribution in [0.25, 0.3) is 0 Å². The van der Waals surface area contributed by atoms with Crippen molar-refractivity contribution in [3.05, 3.63) is 64.7 Å². The molecule has 2 nitrogen and oxygen atoms in total. The summed E-state index contributed by atoms with van der Waals surface area (Å²) >= 11 is 5.73. The molecule has 1 N–H and O–H groups in total. The lowest BCUT2D eigenvalue weighted by molar-refractivity contribution is 0.103. The molecule has 16 heavy (non-hydrogen) atoms. The summed E-state index contributed by atoms with van der Waals surface area (Å²) < 4.78 is 0. The van der Waals surface area contributed by atoms with Crippen molar-refractivity contribution in [2.75, 3.05) is 0 Å². The van der Waals surface area contributed by atoms with Gasteiger partial charge in [-0.1, -0.05) is 17.7 Å². The predicted octanol–water partition coefficient (Wildman–Crippen LogP) is 3.08. The summed E-state index contributed by atoms with van der Waals surface area (Å²) in [7, 11) is 0. The molecular formula is C13H8ClO2. The molecule has 0 aliphatic carbocycles. The van der Waals surface area contributed by atoms with Gasteiger partial charge in [0.25, 0.3) is 0 Å². The Balaban J connectivity index is 2.40. The third-order valence-electron chi connectivity index (χ3n) is 2.19. The van der Waals surface area contributed by atoms with E-state index >= 15 is 0 Å². The number of halogens is 1. The van der Waals surface area contributed by atoms with Gasteiger partial charge in [0.2, 0.25) is 0 Å². The first-order valence-corrected chi connectivity index (χ1v) is 5.05. The van der Waals surface area contributed by atoms with Crippen molar-refractivity contribution in [2.24, 2.45) is 0 Å². The van der Waals surface area contributed by atoms with Crippen molar-refractivity contribution >= 4 is 17.4 Å². The Morgan fingerprint density at radius 3 is 2.50 bits per heavy atom. The Morgan fingerprint density at radius 1 is 1.19 bits per heavy atom. The van der Waals surface area contributed by atoms with Gasteiger partial charge >= 0.3 is 0 Å². The lowest BCUT2D eigenvalue weighted by Gasteiger charge is -2.03. The van der Waals surface area contributed by atoms with Gasteiger partial charge in [-0.25, -0.2) is 0 Å². The van der Waals surface area contributed by atoms with Crippen LogP contribution in [0.15, 0.2) is 42.5 Å². The maximum absolute atomic E-state index is 12.0. The standard InChI is InChI=1S/C13H8ClO2/c14-10-7-5-9(6-8-10)13(16)11-3-1-2-4-12(11)15/h1,3-8,15H. The van der Waals surface area contributed by atoms with E-state index in [2.05, 4.69) is 6.07 Å². The van der Waals surface area contributed by atoms with Crippen molar-refractivity contribution < 1.29 is 9.90 Å². The number of hydrogen-bond donors (Lipinski definition) is 1. The summed E-state index contributed by atoms with van der Waals surface area (Å²) in [5.41, 5.74) is 0.756. The Bertz CT molecular complexity index is 518. The number of phenolic OH excluding ortho intramolecular Hbond substituents is 1. The summed E-state index contributed by atoms with van der Waals surface area (Å²) in [6, 6.07) is 13.7. The molecule has 0 fully saturated rings. The lowest BCUT2D eigenvalue weighted by Crippen LogP contribution is -2.00. The zero-order valence-corrected chi connectivity index (χ0v) is 9.03. The molecule has 0 unspecified atom stereocenters. The Labute approximate surface area is 98.1 Å². The third kappa shape index (κ3) is 2.07. The van der Waals surface area contributed by atoms with E-state index in [9.17, 15) is 9.90 Å². The van der Waals surface area contributed by atoms with E-state index in [-0.39, 0.29) is 17.1 Å². The molecule has 0 amide bonds. The fraction of sp³-hybridized carbons (Fsp3) is 0.